The molecular weight excluding hydrogens is 245 g/mol. The van der Waals surface area contributed by atoms with E-state index >= 15 is 0 Å². The van der Waals surface area contributed by atoms with Gasteiger partial charge in [0.05, 0.1) is 0 Å². The maximum absolute atomic E-state index is 6.10. The van der Waals surface area contributed by atoms with Gasteiger partial charge in [-0.05, 0) is 24.6 Å². The highest BCUT2D eigenvalue weighted by Crippen LogP contribution is 2.28. The Morgan fingerprint density at radius 1 is 1.25 bits per heavy atom. The van der Waals surface area contributed by atoms with Crippen LogP contribution >= 0.6 is 23.2 Å². The van der Waals surface area contributed by atoms with E-state index in [0.717, 1.165) is 16.8 Å². The molecule has 0 saturated heterocycles. The van der Waals surface area contributed by atoms with Crippen LogP contribution in [0.4, 0.5) is 5.82 Å². The van der Waals surface area contributed by atoms with Crippen molar-refractivity contribution < 1.29 is 0 Å². The first kappa shape index (κ1) is 11.3. The van der Waals surface area contributed by atoms with E-state index in [1.165, 1.54) is 0 Å². The topological polar surface area (TPSA) is 54.7 Å². The molecular formula is C11H11Cl2N3. The molecule has 2 aromatic rings. The summed E-state index contributed by atoms with van der Waals surface area (Å²) in [5.41, 5.74) is 8.52. The number of aromatic nitrogens is 2. The van der Waals surface area contributed by atoms with Gasteiger partial charge in [-0.15, -0.1) is 0 Å². The second kappa shape index (κ2) is 4.36. The molecule has 3 N–H and O–H groups in total. The average molecular weight is 256 g/mol. The van der Waals surface area contributed by atoms with Gasteiger partial charge in [-0.2, -0.15) is 5.10 Å². The van der Waals surface area contributed by atoms with Crippen molar-refractivity contribution in [3.63, 3.8) is 0 Å². The molecule has 0 fully saturated rings. The van der Waals surface area contributed by atoms with E-state index in [4.69, 9.17) is 28.9 Å². The largest absolute Gasteiger partial charge is 0.382 e. The van der Waals surface area contributed by atoms with Crippen LogP contribution in [0.5, 0.6) is 0 Å². The summed E-state index contributed by atoms with van der Waals surface area (Å²) < 4.78 is 0. The Kier molecular flexibility index (Phi) is 3.08. The normalized spacial score (nSPS) is 10.7. The fourth-order valence-electron chi connectivity index (χ4n) is 1.57. The lowest BCUT2D eigenvalue weighted by molar-refractivity contribution is 1.04. The number of nitrogens with one attached hydrogen (secondary N) is 1. The number of halogens is 2. The van der Waals surface area contributed by atoms with Crippen LogP contribution in [0.1, 0.15) is 16.8 Å². The van der Waals surface area contributed by atoms with Gasteiger partial charge in [0.2, 0.25) is 0 Å². The molecule has 0 unspecified atom stereocenters. The smallest absolute Gasteiger partial charge is 0.149 e. The van der Waals surface area contributed by atoms with Crippen LogP contribution in [-0.2, 0) is 6.42 Å². The van der Waals surface area contributed by atoms with Gasteiger partial charge in [0.1, 0.15) is 5.82 Å². The number of anilines is 1. The van der Waals surface area contributed by atoms with E-state index < -0.39 is 0 Å². The van der Waals surface area contributed by atoms with Gasteiger partial charge in [0, 0.05) is 27.7 Å². The Bertz CT molecular complexity index is 480. The summed E-state index contributed by atoms with van der Waals surface area (Å²) in [4.78, 5) is 0. The molecule has 16 heavy (non-hydrogen) atoms. The highest BCUT2D eigenvalue weighted by Gasteiger charge is 2.12. The molecule has 5 heteroatoms. The Labute approximate surface area is 104 Å². The molecule has 1 heterocycles. The first-order valence-corrected chi connectivity index (χ1v) is 5.57. The van der Waals surface area contributed by atoms with Crippen LogP contribution in [0.25, 0.3) is 0 Å². The van der Waals surface area contributed by atoms with Gasteiger partial charge in [0.15, 0.2) is 0 Å². The van der Waals surface area contributed by atoms with E-state index in [0.29, 0.717) is 22.3 Å². The summed E-state index contributed by atoms with van der Waals surface area (Å²) in [6.45, 7) is 1.92. The van der Waals surface area contributed by atoms with E-state index in [-0.39, 0.29) is 0 Å². The Balaban J connectivity index is 2.41. The summed E-state index contributed by atoms with van der Waals surface area (Å²) >= 11 is 12.2. The van der Waals surface area contributed by atoms with Crippen molar-refractivity contribution in [2.45, 2.75) is 13.3 Å². The molecule has 0 bridgehead atoms. The number of hydrogen-bond acceptors (Lipinski definition) is 2. The zero-order valence-corrected chi connectivity index (χ0v) is 10.2. The predicted molar refractivity (Wildman–Crippen MR) is 67.0 cm³/mol. The summed E-state index contributed by atoms with van der Waals surface area (Å²) in [7, 11) is 0. The van der Waals surface area contributed by atoms with E-state index in [1.54, 1.807) is 0 Å². The standard InChI is InChI=1S/C11H11Cl2N3/c1-6-7(11(14)16-15-6)5-8-9(12)3-2-4-10(8)13/h2-4H,5H2,1H3,(H3,14,15,16). The molecule has 0 aliphatic rings. The number of rotatable bonds is 2. The average Bonchev–Trinajstić information content (AvgIpc) is 2.54. The van der Waals surface area contributed by atoms with Crippen molar-refractivity contribution >= 4 is 29.0 Å². The van der Waals surface area contributed by atoms with Gasteiger partial charge in [-0.1, -0.05) is 29.3 Å². The number of aromatic amines is 1. The minimum atomic E-state index is 0.494. The molecule has 0 saturated carbocycles. The van der Waals surface area contributed by atoms with Crippen molar-refractivity contribution in [2.24, 2.45) is 0 Å². The number of benzene rings is 1. The van der Waals surface area contributed by atoms with Crippen molar-refractivity contribution in [2.75, 3.05) is 5.73 Å². The molecule has 0 aliphatic heterocycles. The SMILES string of the molecule is Cc1[nH]nc(N)c1Cc1c(Cl)cccc1Cl. The number of hydrogen-bond donors (Lipinski definition) is 2. The third-order valence-corrected chi connectivity index (χ3v) is 3.23. The first-order valence-electron chi connectivity index (χ1n) is 4.81. The number of aryl methyl sites for hydroxylation is 1. The van der Waals surface area contributed by atoms with Crippen molar-refractivity contribution in [1.29, 1.82) is 0 Å². The summed E-state index contributed by atoms with van der Waals surface area (Å²) in [5, 5.41) is 8.06. The molecule has 84 valence electrons. The Morgan fingerprint density at radius 3 is 2.38 bits per heavy atom. The van der Waals surface area contributed by atoms with Crippen LogP contribution in [0.15, 0.2) is 18.2 Å². The lowest BCUT2D eigenvalue weighted by Gasteiger charge is -2.06. The summed E-state index contributed by atoms with van der Waals surface area (Å²) in [6.07, 6.45) is 0.590. The molecule has 1 aromatic heterocycles. The lowest BCUT2D eigenvalue weighted by Crippen LogP contribution is -1.96. The van der Waals surface area contributed by atoms with Crippen LogP contribution < -0.4 is 5.73 Å². The minimum absolute atomic E-state index is 0.494. The fourth-order valence-corrected chi connectivity index (χ4v) is 2.10. The van der Waals surface area contributed by atoms with Gasteiger partial charge < -0.3 is 5.73 Å². The maximum atomic E-state index is 6.10. The van der Waals surface area contributed by atoms with E-state index in [1.807, 2.05) is 25.1 Å². The van der Waals surface area contributed by atoms with Gasteiger partial charge in [0.25, 0.3) is 0 Å². The van der Waals surface area contributed by atoms with Gasteiger partial charge >= 0.3 is 0 Å². The highest BCUT2D eigenvalue weighted by atomic mass is 35.5. The molecule has 1 aromatic carbocycles. The number of nitrogen functional groups attached to an aromatic ring is 1. The third kappa shape index (κ3) is 2.01. The second-order valence-electron chi connectivity index (χ2n) is 3.59. The van der Waals surface area contributed by atoms with E-state index in [2.05, 4.69) is 10.2 Å². The van der Waals surface area contributed by atoms with Crippen LogP contribution in [0.3, 0.4) is 0 Å². The minimum Gasteiger partial charge on any atom is -0.382 e. The second-order valence-corrected chi connectivity index (χ2v) is 4.40. The van der Waals surface area contributed by atoms with Crippen LogP contribution in [0.2, 0.25) is 10.0 Å². The van der Waals surface area contributed by atoms with Gasteiger partial charge in [-0.25, -0.2) is 0 Å². The number of nitrogens with zero attached hydrogens (tertiary/aromatic N) is 1. The molecule has 0 amide bonds. The quantitative estimate of drug-likeness (QED) is 0.866. The van der Waals surface area contributed by atoms with Gasteiger partial charge in [-0.3, -0.25) is 5.10 Å². The highest BCUT2D eigenvalue weighted by molar-refractivity contribution is 6.36. The monoisotopic (exact) mass is 255 g/mol. The molecule has 3 nitrogen and oxygen atoms in total. The Morgan fingerprint density at radius 2 is 1.88 bits per heavy atom. The molecule has 0 spiro atoms. The fraction of sp³-hybridized carbons (Fsp3) is 0.182. The van der Waals surface area contributed by atoms with Crippen molar-refractivity contribution in [3.8, 4) is 0 Å². The summed E-state index contributed by atoms with van der Waals surface area (Å²) in [5.74, 6) is 0.494. The number of nitrogens with two attached hydrogens (primary N) is 1. The van der Waals surface area contributed by atoms with E-state index in [9.17, 15) is 0 Å². The molecule has 0 radical (unpaired) electrons. The van der Waals surface area contributed by atoms with Crippen LogP contribution in [-0.4, -0.2) is 10.2 Å². The lowest BCUT2D eigenvalue weighted by atomic mass is 10.1. The van der Waals surface area contributed by atoms with Crippen LogP contribution in [0, 0.1) is 6.92 Å². The maximum Gasteiger partial charge on any atom is 0.149 e. The molecule has 0 atom stereocenters. The zero-order valence-electron chi connectivity index (χ0n) is 8.72. The van der Waals surface area contributed by atoms with Crippen molar-refractivity contribution in [3.05, 3.63) is 45.1 Å². The summed E-state index contributed by atoms with van der Waals surface area (Å²) in [6, 6.07) is 5.45. The Hall–Kier alpha value is -1.19. The molecule has 0 aliphatic carbocycles. The first-order chi connectivity index (χ1) is 7.59. The van der Waals surface area contributed by atoms with Crippen molar-refractivity contribution in [1.82, 2.24) is 10.2 Å². The third-order valence-electron chi connectivity index (χ3n) is 2.52. The zero-order chi connectivity index (χ0) is 11.7. The predicted octanol–water partition coefficient (Wildman–Crippen LogP) is 3.20. The number of H-pyrrole nitrogens is 1. The molecule has 2 rings (SSSR count).